The molecule has 3 aliphatic heterocycles. The monoisotopic (exact) mass is 341 g/mol. The molecule has 3 saturated heterocycles. The minimum atomic E-state index is -0.529. The van der Waals surface area contributed by atoms with E-state index >= 15 is 0 Å². The summed E-state index contributed by atoms with van der Waals surface area (Å²) in [5, 5.41) is 3.20. The number of amides is 2. The Kier molecular flexibility index (Phi) is 4.50. The molecule has 3 aliphatic rings. The third-order valence-corrected chi connectivity index (χ3v) is 6.05. The van der Waals surface area contributed by atoms with Crippen LogP contribution in [-0.4, -0.2) is 48.4 Å². The minimum Gasteiger partial charge on any atom is -0.351 e. The van der Waals surface area contributed by atoms with Crippen LogP contribution in [0.5, 0.6) is 0 Å². The smallest absolute Gasteiger partial charge is 0.239 e. The van der Waals surface area contributed by atoms with Crippen LogP contribution in [0.1, 0.15) is 37.7 Å². The van der Waals surface area contributed by atoms with Crippen molar-refractivity contribution in [3.05, 3.63) is 29.8 Å². The van der Waals surface area contributed by atoms with Crippen molar-refractivity contribution in [2.24, 2.45) is 5.92 Å². The Morgan fingerprint density at radius 1 is 1.04 bits per heavy atom. The van der Waals surface area contributed by atoms with E-state index in [1.54, 1.807) is 4.90 Å². The summed E-state index contributed by atoms with van der Waals surface area (Å²) in [5.41, 5.74) is 2.06. The number of benzene rings is 1. The molecular formula is C20H27N3O2. The van der Waals surface area contributed by atoms with Crippen LogP contribution < -0.4 is 10.2 Å². The largest absolute Gasteiger partial charge is 0.351 e. The Hall–Kier alpha value is -1.88. The average molecular weight is 341 g/mol. The number of nitrogens with one attached hydrogen (secondary N) is 1. The van der Waals surface area contributed by atoms with Crippen molar-refractivity contribution in [1.82, 2.24) is 10.2 Å². The van der Waals surface area contributed by atoms with E-state index in [-0.39, 0.29) is 17.9 Å². The fourth-order valence-electron chi connectivity index (χ4n) is 4.60. The predicted molar refractivity (Wildman–Crippen MR) is 97.4 cm³/mol. The summed E-state index contributed by atoms with van der Waals surface area (Å²) < 4.78 is 0. The molecule has 1 N–H and O–H groups in total. The van der Waals surface area contributed by atoms with Crippen LogP contribution in [0.15, 0.2) is 24.3 Å². The lowest BCUT2D eigenvalue weighted by atomic mass is 9.98. The van der Waals surface area contributed by atoms with Gasteiger partial charge >= 0.3 is 0 Å². The second-order valence-electron chi connectivity index (χ2n) is 7.67. The highest BCUT2D eigenvalue weighted by molar-refractivity contribution is 6.09. The fourth-order valence-corrected chi connectivity index (χ4v) is 4.60. The summed E-state index contributed by atoms with van der Waals surface area (Å²) in [4.78, 5) is 29.7. The maximum absolute atomic E-state index is 12.7. The zero-order chi connectivity index (χ0) is 17.4. The van der Waals surface area contributed by atoms with Gasteiger partial charge in [0.1, 0.15) is 5.92 Å². The molecule has 2 amide bonds. The van der Waals surface area contributed by atoms with Gasteiger partial charge in [0.25, 0.3) is 0 Å². The molecule has 5 nitrogen and oxygen atoms in total. The molecule has 0 saturated carbocycles. The van der Waals surface area contributed by atoms with Crippen LogP contribution in [0.2, 0.25) is 0 Å². The number of carbonyl (C=O) groups is 2. The van der Waals surface area contributed by atoms with Crippen molar-refractivity contribution < 1.29 is 9.59 Å². The first-order chi connectivity index (χ1) is 12.1. The van der Waals surface area contributed by atoms with E-state index in [1.807, 2.05) is 31.2 Å². The fraction of sp³-hybridized carbons (Fsp3) is 0.600. The number of carbonyl (C=O) groups excluding carboxylic acids is 2. The predicted octanol–water partition coefficient (Wildman–Crippen LogP) is 2.09. The van der Waals surface area contributed by atoms with Crippen molar-refractivity contribution >= 4 is 17.5 Å². The van der Waals surface area contributed by atoms with Gasteiger partial charge < -0.3 is 10.2 Å². The van der Waals surface area contributed by atoms with Crippen LogP contribution in [0, 0.1) is 12.8 Å². The quantitative estimate of drug-likeness (QED) is 0.857. The maximum Gasteiger partial charge on any atom is 0.239 e. The number of anilines is 1. The lowest BCUT2D eigenvalue weighted by Gasteiger charge is -2.32. The van der Waals surface area contributed by atoms with Gasteiger partial charge in [-0.25, -0.2) is 0 Å². The van der Waals surface area contributed by atoms with Crippen LogP contribution in [0.4, 0.5) is 5.69 Å². The second kappa shape index (κ2) is 6.79. The number of rotatable bonds is 3. The molecule has 0 radical (unpaired) electrons. The van der Waals surface area contributed by atoms with Crippen molar-refractivity contribution in [3.8, 4) is 0 Å². The third-order valence-electron chi connectivity index (χ3n) is 6.05. The van der Waals surface area contributed by atoms with Crippen molar-refractivity contribution in [3.63, 3.8) is 0 Å². The topological polar surface area (TPSA) is 52.7 Å². The summed E-state index contributed by atoms with van der Waals surface area (Å²) in [6.45, 7) is 4.88. The van der Waals surface area contributed by atoms with E-state index < -0.39 is 5.92 Å². The Bertz CT molecular complexity index is 657. The summed E-state index contributed by atoms with van der Waals surface area (Å²) in [6.07, 6.45) is 5.30. The second-order valence-corrected chi connectivity index (χ2v) is 7.67. The molecule has 0 unspecified atom stereocenters. The van der Waals surface area contributed by atoms with E-state index in [0.29, 0.717) is 19.0 Å². The Morgan fingerprint density at radius 3 is 2.64 bits per heavy atom. The zero-order valence-corrected chi connectivity index (χ0v) is 14.9. The molecule has 3 atom stereocenters. The van der Waals surface area contributed by atoms with Gasteiger partial charge in [0.2, 0.25) is 11.8 Å². The maximum atomic E-state index is 12.7. The van der Waals surface area contributed by atoms with Crippen LogP contribution >= 0.6 is 0 Å². The molecule has 25 heavy (non-hydrogen) atoms. The molecule has 0 bridgehead atoms. The minimum absolute atomic E-state index is 0.0557. The standard InChI is InChI=1S/C20H27N3O2/c1-14-5-7-15(8-6-14)23-13-9-16(20(23)25)19(24)21-17-10-12-22-11-3-2-4-18(17)22/h5-8,16-18H,2-4,9-13H2,1H3,(H,21,24)/t16-,17-,18+/m1/s1. The molecular weight excluding hydrogens is 314 g/mol. The van der Waals surface area contributed by atoms with E-state index in [9.17, 15) is 9.59 Å². The SMILES string of the molecule is Cc1ccc(N2CC[C@H](C(=O)N[C@@H]3CCN4CCCC[C@@H]34)C2=O)cc1. The molecule has 0 aliphatic carbocycles. The number of nitrogens with zero attached hydrogens (tertiary/aromatic N) is 2. The van der Waals surface area contributed by atoms with Crippen LogP contribution in [0.3, 0.4) is 0 Å². The molecule has 1 aromatic carbocycles. The lowest BCUT2D eigenvalue weighted by molar-refractivity contribution is -0.132. The summed E-state index contributed by atoms with van der Waals surface area (Å²) in [5.74, 6) is -0.657. The lowest BCUT2D eigenvalue weighted by Crippen LogP contribution is -2.49. The van der Waals surface area contributed by atoms with Gasteiger partial charge in [0.15, 0.2) is 0 Å². The Labute approximate surface area is 149 Å². The molecule has 3 fully saturated rings. The summed E-state index contributed by atoms with van der Waals surface area (Å²) in [6, 6.07) is 8.63. The first-order valence-electron chi connectivity index (χ1n) is 9.56. The van der Waals surface area contributed by atoms with Gasteiger partial charge in [-0.15, -0.1) is 0 Å². The molecule has 3 heterocycles. The van der Waals surface area contributed by atoms with Gasteiger partial charge in [-0.3, -0.25) is 14.5 Å². The first-order valence-corrected chi connectivity index (χ1v) is 9.56. The van der Waals surface area contributed by atoms with Crippen molar-refractivity contribution in [2.75, 3.05) is 24.5 Å². The normalized spacial score (nSPS) is 29.7. The van der Waals surface area contributed by atoms with Gasteiger partial charge in [0.05, 0.1) is 0 Å². The van der Waals surface area contributed by atoms with Gasteiger partial charge in [-0.1, -0.05) is 24.1 Å². The number of fused-ring (bicyclic) bond motifs is 1. The van der Waals surface area contributed by atoms with Crippen LogP contribution in [-0.2, 0) is 9.59 Å². The van der Waals surface area contributed by atoms with Crippen LogP contribution in [0.25, 0.3) is 0 Å². The molecule has 4 rings (SSSR count). The highest BCUT2D eigenvalue weighted by atomic mass is 16.2. The highest BCUT2D eigenvalue weighted by Crippen LogP contribution is 2.29. The van der Waals surface area contributed by atoms with E-state index in [2.05, 4.69) is 10.2 Å². The zero-order valence-electron chi connectivity index (χ0n) is 14.9. The van der Waals surface area contributed by atoms with Gasteiger partial charge in [-0.05, 0) is 51.3 Å². The van der Waals surface area contributed by atoms with E-state index in [1.165, 1.54) is 24.8 Å². The number of hydrogen-bond acceptors (Lipinski definition) is 3. The molecule has 134 valence electrons. The molecule has 5 heteroatoms. The number of aryl methyl sites for hydroxylation is 1. The molecule has 0 aromatic heterocycles. The summed E-state index contributed by atoms with van der Waals surface area (Å²) in [7, 11) is 0. The average Bonchev–Trinajstić information content (AvgIpc) is 3.20. The Morgan fingerprint density at radius 2 is 1.84 bits per heavy atom. The molecule has 0 spiro atoms. The first kappa shape index (κ1) is 16.6. The molecule has 1 aromatic rings. The Balaban J connectivity index is 1.39. The highest BCUT2D eigenvalue weighted by Gasteiger charge is 2.41. The summed E-state index contributed by atoms with van der Waals surface area (Å²) >= 11 is 0. The number of hydrogen-bond donors (Lipinski definition) is 1. The van der Waals surface area contributed by atoms with Crippen molar-refractivity contribution in [1.29, 1.82) is 0 Å². The number of piperidine rings is 1. The van der Waals surface area contributed by atoms with E-state index in [0.717, 1.165) is 25.2 Å². The van der Waals surface area contributed by atoms with Crippen molar-refractivity contribution in [2.45, 2.75) is 51.1 Å². The van der Waals surface area contributed by atoms with Gasteiger partial charge in [0, 0.05) is 30.9 Å². The van der Waals surface area contributed by atoms with Gasteiger partial charge in [-0.2, -0.15) is 0 Å². The third kappa shape index (κ3) is 3.17. The van der Waals surface area contributed by atoms with E-state index in [4.69, 9.17) is 0 Å².